The highest BCUT2D eigenvalue weighted by Crippen LogP contribution is 2.24. The van der Waals surface area contributed by atoms with Crippen LogP contribution in [-0.4, -0.2) is 0 Å². The summed E-state index contributed by atoms with van der Waals surface area (Å²) in [4.78, 5) is 0. The first-order valence-electron chi connectivity index (χ1n) is 5.86. The van der Waals surface area contributed by atoms with E-state index in [2.05, 4.69) is 36.4 Å². The molecule has 0 radical (unpaired) electrons. The van der Waals surface area contributed by atoms with Crippen molar-refractivity contribution >= 4 is 10.8 Å². The maximum absolute atomic E-state index is 8.88. The molecule has 0 unspecified atom stereocenters. The van der Waals surface area contributed by atoms with E-state index in [1.807, 2.05) is 36.4 Å². The van der Waals surface area contributed by atoms with Crippen LogP contribution in [0.5, 0.6) is 0 Å². The molecule has 0 bridgehead atoms. The summed E-state index contributed by atoms with van der Waals surface area (Å²) >= 11 is 0. The third-order valence-electron chi connectivity index (χ3n) is 3.08. The van der Waals surface area contributed by atoms with E-state index in [4.69, 9.17) is 5.26 Å². The summed E-state index contributed by atoms with van der Waals surface area (Å²) in [7, 11) is 0. The molecule has 0 atom stereocenters. The third-order valence-corrected chi connectivity index (χ3v) is 3.08. The van der Waals surface area contributed by atoms with Gasteiger partial charge >= 0.3 is 0 Å². The van der Waals surface area contributed by atoms with Crippen LogP contribution in [0, 0.1) is 11.3 Å². The Morgan fingerprint density at radius 2 is 1.39 bits per heavy atom. The SMILES string of the molecule is N#Cc1ccc2cc(-c3ccccc3)ccc2c1. The van der Waals surface area contributed by atoms with E-state index < -0.39 is 0 Å². The maximum Gasteiger partial charge on any atom is 0.0991 e. The van der Waals surface area contributed by atoms with Gasteiger partial charge in [0.1, 0.15) is 0 Å². The van der Waals surface area contributed by atoms with Crippen molar-refractivity contribution in [2.24, 2.45) is 0 Å². The lowest BCUT2D eigenvalue weighted by molar-refractivity contribution is 1.50. The molecule has 84 valence electrons. The van der Waals surface area contributed by atoms with Crippen LogP contribution < -0.4 is 0 Å². The largest absolute Gasteiger partial charge is 0.192 e. The van der Waals surface area contributed by atoms with E-state index in [9.17, 15) is 0 Å². The number of benzene rings is 3. The molecule has 0 aliphatic carbocycles. The molecular weight excluding hydrogens is 218 g/mol. The van der Waals surface area contributed by atoms with Crippen LogP contribution in [0.1, 0.15) is 5.56 Å². The molecule has 0 saturated carbocycles. The number of rotatable bonds is 1. The minimum atomic E-state index is 0.704. The molecule has 1 nitrogen and oxygen atoms in total. The molecule has 1 heteroatoms. The number of fused-ring (bicyclic) bond motifs is 1. The zero-order chi connectivity index (χ0) is 12.4. The average Bonchev–Trinajstić information content (AvgIpc) is 2.47. The van der Waals surface area contributed by atoms with Crippen LogP contribution in [0.25, 0.3) is 21.9 Å². The molecule has 0 heterocycles. The first kappa shape index (κ1) is 10.6. The highest BCUT2D eigenvalue weighted by molar-refractivity contribution is 5.88. The van der Waals surface area contributed by atoms with E-state index in [0.717, 1.165) is 10.8 Å². The molecule has 0 saturated heterocycles. The zero-order valence-electron chi connectivity index (χ0n) is 9.80. The minimum Gasteiger partial charge on any atom is -0.192 e. The van der Waals surface area contributed by atoms with Crippen molar-refractivity contribution < 1.29 is 0 Å². The van der Waals surface area contributed by atoms with Crippen molar-refractivity contribution in [1.29, 1.82) is 5.26 Å². The predicted octanol–water partition coefficient (Wildman–Crippen LogP) is 4.38. The van der Waals surface area contributed by atoms with Crippen molar-refractivity contribution in [2.45, 2.75) is 0 Å². The van der Waals surface area contributed by atoms with Gasteiger partial charge in [0.25, 0.3) is 0 Å². The Morgan fingerprint density at radius 1 is 0.667 bits per heavy atom. The van der Waals surface area contributed by atoms with Gasteiger partial charge in [0.15, 0.2) is 0 Å². The molecule has 3 rings (SSSR count). The number of nitrogens with zero attached hydrogens (tertiary/aromatic N) is 1. The summed E-state index contributed by atoms with van der Waals surface area (Å²) in [5.74, 6) is 0. The van der Waals surface area contributed by atoms with E-state index in [-0.39, 0.29) is 0 Å². The van der Waals surface area contributed by atoms with Crippen LogP contribution in [0.3, 0.4) is 0 Å². The average molecular weight is 229 g/mol. The van der Waals surface area contributed by atoms with Crippen LogP contribution in [0.2, 0.25) is 0 Å². The molecule has 18 heavy (non-hydrogen) atoms. The highest BCUT2D eigenvalue weighted by atomic mass is 14.2. The maximum atomic E-state index is 8.88. The van der Waals surface area contributed by atoms with Crippen molar-refractivity contribution in [2.75, 3.05) is 0 Å². The Morgan fingerprint density at radius 3 is 2.17 bits per heavy atom. The highest BCUT2D eigenvalue weighted by Gasteiger charge is 2.00. The molecule has 0 aliphatic heterocycles. The topological polar surface area (TPSA) is 23.8 Å². The van der Waals surface area contributed by atoms with E-state index >= 15 is 0 Å². The van der Waals surface area contributed by atoms with Gasteiger partial charge in [-0.3, -0.25) is 0 Å². The standard InChI is InChI=1S/C17H11N/c18-12-13-6-7-17-11-16(9-8-15(17)10-13)14-4-2-1-3-5-14/h1-11H. The van der Waals surface area contributed by atoms with E-state index in [1.165, 1.54) is 11.1 Å². The molecule has 0 amide bonds. The molecule has 0 fully saturated rings. The fourth-order valence-corrected chi connectivity index (χ4v) is 2.13. The van der Waals surface area contributed by atoms with Crippen molar-refractivity contribution in [1.82, 2.24) is 0 Å². The smallest absolute Gasteiger partial charge is 0.0991 e. The second kappa shape index (κ2) is 4.35. The van der Waals surface area contributed by atoms with Crippen molar-refractivity contribution in [3.05, 3.63) is 72.3 Å². The van der Waals surface area contributed by atoms with Gasteiger partial charge in [-0.25, -0.2) is 0 Å². The van der Waals surface area contributed by atoms with Crippen LogP contribution in [0.4, 0.5) is 0 Å². The number of hydrogen-bond acceptors (Lipinski definition) is 1. The Kier molecular flexibility index (Phi) is 2.55. The summed E-state index contributed by atoms with van der Waals surface area (Å²) in [6, 6.07) is 24.6. The molecule has 3 aromatic rings. The summed E-state index contributed by atoms with van der Waals surface area (Å²) in [6.45, 7) is 0. The second-order valence-corrected chi connectivity index (χ2v) is 4.25. The monoisotopic (exact) mass is 229 g/mol. The Balaban J connectivity index is 2.16. The molecule has 0 aromatic heterocycles. The quantitative estimate of drug-likeness (QED) is 0.607. The lowest BCUT2D eigenvalue weighted by Gasteiger charge is -2.04. The normalized spacial score (nSPS) is 10.2. The summed E-state index contributed by atoms with van der Waals surface area (Å²) in [5, 5.41) is 11.1. The van der Waals surface area contributed by atoms with Gasteiger partial charge in [0.05, 0.1) is 11.6 Å². The lowest BCUT2D eigenvalue weighted by atomic mass is 10.0. The molecule has 0 spiro atoms. The fraction of sp³-hybridized carbons (Fsp3) is 0. The van der Waals surface area contributed by atoms with Gasteiger partial charge < -0.3 is 0 Å². The first-order valence-corrected chi connectivity index (χ1v) is 5.86. The van der Waals surface area contributed by atoms with Crippen molar-refractivity contribution in [3.63, 3.8) is 0 Å². The van der Waals surface area contributed by atoms with Crippen LogP contribution in [-0.2, 0) is 0 Å². The molecule has 3 aromatic carbocycles. The second-order valence-electron chi connectivity index (χ2n) is 4.25. The van der Waals surface area contributed by atoms with E-state index in [0.29, 0.717) is 5.56 Å². The van der Waals surface area contributed by atoms with Gasteiger partial charge in [0.2, 0.25) is 0 Å². The van der Waals surface area contributed by atoms with Gasteiger partial charge in [-0.05, 0) is 40.1 Å². The molecule has 0 N–H and O–H groups in total. The number of hydrogen-bond donors (Lipinski definition) is 0. The minimum absolute atomic E-state index is 0.704. The van der Waals surface area contributed by atoms with Gasteiger partial charge in [-0.2, -0.15) is 5.26 Å². The number of nitriles is 1. The van der Waals surface area contributed by atoms with Gasteiger partial charge in [-0.15, -0.1) is 0 Å². The molecule has 0 aliphatic rings. The van der Waals surface area contributed by atoms with Crippen LogP contribution in [0.15, 0.2) is 66.7 Å². The lowest BCUT2D eigenvalue weighted by Crippen LogP contribution is -1.80. The van der Waals surface area contributed by atoms with Gasteiger partial charge in [-0.1, -0.05) is 48.5 Å². The first-order chi connectivity index (χ1) is 8.86. The van der Waals surface area contributed by atoms with Crippen LogP contribution >= 0.6 is 0 Å². The van der Waals surface area contributed by atoms with E-state index in [1.54, 1.807) is 0 Å². The summed E-state index contributed by atoms with van der Waals surface area (Å²) in [6.07, 6.45) is 0. The fourth-order valence-electron chi connectivity index (χ4n) is 2.13. The molecular formula is C17H11N. The predicted molar refractivity (Wildman–Crippen MR) is 74.1 cm³/mol. The zero-order valence-corrected chi connectivity index (χ0v) is 9.80. The third kappa shape index (κ3) is 1.85. The Labute approximate surface area is 106 Å². The summed E-state index contributed by atoms with van der Waals surface area (Å²) in [5.41, 5.74) is 3.12. The van der Waals surface area contributed by atoms with Gasteiger partial charge in [0, 0.05) is 0 Å². The Hall–Kier alpha value is -2.59. The van der Waals surface area contributed by atoms with Crippen molar-refractivity contribution in [3.8, 4) is 17.2 Å². The summed E-state index contributed by atoms with van der Waals surface area (Å²) < 4.78 is 0. The Bertz CT molecular complexity index is 736.